The summed E-state index contributed by atoms with van der Waals surface area (Å²) in [6.07, 6.45) is 4.26. The Balaban J connectivity index is 1.58. The lowest BCUT2D eigenvalue weighted by atomic mass is 10.1. The van der Waals surface area contributed by atoms with E-state index in [1.54, 1.807) is 11.0 Å². The Morgan fingerprint density at radius 1 is 1.07 bits per heavy atom. The van der Waals surface area contributed by atoms with Crippen molar-refractivity contribution in [3.05, 3.63) is 76.7 Å². The van der Waals surface area contributed by atoms with E-state index >= 15 is 0 Å². The summed E-state index contributed by atoms with van der Waals surface area (Å²) in [6, 6.07) is 13.7. The molecule has 4 nitrogen and oxygen atoms in total. The van der Waals surface area contributed by atoms with Crippen LogP contribution in [0.25, 0.3) is 6.08 Å². The third-order valence-corrected chi connectivity index (χ3v) is 6.13. The molecule has 0 saturated carbocycles. The number of thioether (sulfide) groups is 1. The van der Waals surface area contributed by atoms with Crippen molar-refractivity contribution in [2.45, 2.75) is 20.3 Å². The molecular formula is C24H25NO3S2. The molecule has 0 unspecified atom stereocenters. The van der Waals surface area contributed by atoms with Crippen LogP contribution in [-0.2, 0) is 4.79 Å². The molecule has 0 atom stereocenters. The van der Waals surface area contributed by atoms with E-state index in [2.05, 4.69) is 26.5 Å². The van der Waals surface area contributed by atoms with Gasteiger partial charge in [-0.2, -0.15) is 0 Å². The topological polar surface area (TPSA) is 38.8 Å². The fraction of sp³-hybridized carbons (Fsp3) is 0.250. The van der Waals surface area contributed by atoms with Crippen LogP contribution in [0.3, 0.4) is 0 Å². The maximum atomic E-state index is 12.6. The Morgan fingerprint density at radius 2 is 1.77 bits per heavy atom. The van der Waals surface area contributed by atoms with Crippen molar-refractivity contribution in [2.75, 3.05) is 19.8 Å². The molecule has 1 heterocycles. The zero-order valence-electron chi connectivity index (χ0n) is 17.2. The minimum atomic E-state index is -0.0957. The second-order valence-electron chi connectivity index (χ2n) is 6.87. The lowest BCUT2D eigenvalue weighted by Crippen LogP contribution is -2.27. The zero-order valence-corrected chi connectivity index (χ0v) is 18.9. The predicted molar refractivity (Wildman–Crippen MR) is 128 cm³/mol. The predicted octanol–water partition coefficient (Wildman–Crippen LogP) is 5.54. The van der Waals surface area contributed by atoms with Gasteiger partial charge in [-0.1, -0.05) is 60.4 Å². The second-order valence-corrected chi connectivity index (χ2v) is 8.54. The SMILES string of the molecule is C=CCN1C(=O)C(=Cc2ccccc2OCCCOc2cccc(C)c2C)SC1=S. The van der Waals surface area contributed by atoms with Gasteiger partial charge in [-0.25, -0.2) is 0 Å². The summed E-state index contributed by atoms with van der Waals surface area (Å²) in [4.78, 5) is 14.7. The lowest BCUT2D eigenvalue weighted by Gasteiger charge is -2.12. The fourth-order valence-electron chi connectivity index (χ4n) is 2.96. The molecule has 0 bridgehead atoms. The van der Waals surface area contributed by atoms with E-state index in [4.69, 9.17) is 21.7 Å². The van der Waals surface area contributed by atoms with Crippen molar-refractivity contribution in [3.63, 3.8) is 0 Å². The number of ether oxygens (including phenoxy) is 2. The van der Waals surface area contributed by atoms with Gasteiger partial charge in [-0.15, -0.1) is 6.58 Å². The van der Waals surface area contributed by atoms with Gasteiger partial charge in [0.15, 0.2) is 0 Å². The number of amides is 1. The third kappa shape index (κ3) is 5.32. The first-order valence-corrected chi connectivity index (χ1v) is 11.0. The van der Waals surface area contributed by atoms with Crippen LogP contribution < -0.4 is 9.47 Å². The standard InChI is InChI=1S/C24H25NO3S2/c1-4-13-25-23(26)22(30-24(25)29)16-19-10-5-6-11-21(19)28-15-8-14-27-20-12-7-9-17(2)18(20)3/h4-7,9-12,16H,1,8,13-15H2,2-3H3. The molecule has 1 amide bonds. The molecule has 30 heavy (non-hydrogen) atoms. The van der Waals surface area contributed by atoms with Crippen LogP contribution in [-0.4, -0.2) is 34.9 Å². The van der Waals surface area contributed by atoms with Crippen molar-refractivity contribution in [2.24, 2.45) is 0 Å². The van der Waals surface area contributed by atoms with E-state index in [0.29, 0.717) is 29.0 Å². The van der Waals surface area contributed by atoms with Crippen LogP contribution in [0.2, 0.25) is 0 Å². The monoisotopic (exact) mass is 439 g/mol. The molecular weight excluding hydrogens is 414 g/mol. The number of hydrogen-bond acceptors (Lipinski definition) is 5. The van der Waals surface area contributed by atoms with Gasteiger partial charge >= 0.3 is 0 Å². The van der Waals surface area contributed by atoms with Gasteiger partial charge in [0.1, 0.15) is 15.8 Å². The molecule has 2 aromatic rings. The van der Waals surface area contributed by atoms with Crippen molar-refractivity contribution >= 4 is 40.3 Å². The van der Waals surface area contributed by atoms with Gasteiger partial charge in [0.2, 0.25) is 0 Å². The third-order valence-electron chi connectivity index (χ3n) is 4.75. The Bertz CT molecular complexity index is 984. The Morgan fingerprint density at radius 3 is 2.53 bits per heavy atom. The van der Waals surface area contributed by atoms with Gasteiger partial charge in [0.05, 0.1) is 18.1 Å². The van der Waals surface area contributed by atoms with E-state index in [0.717, 1.165) is 29.0 Å². The zero-order chi connectivity index (χ0) is 21.5. The van der Waals surface area contributed by atoms with Crippen molar-refractivity contribution in [1.29, 1.82) is 0 Å². The average molecular weight is 440 g/mol. The number of nitrogens with zero attached hydrogens (tertiary/aromatic N) is 1. The van der Waals surface area contributed by atoms with Gasteiger partial charge < -0.3 is 9.47 Å². The number of para-hydroxylation sites is 1. The minimum Gasteiger partial charge on any atom is -0.493 e. The van der Waals surface area contributed by atoms with Crippen molar-refractivity contribution in [3.8, 4) is 11.5 Å². The van der Waals surface area contributed by atoms with Gasteiger partial charge in [-0.05, 0) is 43.2 Å². The summed E-state index contributed by atoms with van der Waals surface area (Å²) in [5.41, 5.74) is 3.24. The molecule has 3 rings (SSSR count). The van der Waals surface area contributed by atoms with Crippen LogP contribution in [0.5, 0.6) is 11.5 Å². The summed E-state index contributed by atoms with van der Waals surface area (Å²) < 4.78 is 12.4. The van der Waals surface area contributed by atoms with Crippen molar-refractivity contribution in [1.82, 2.24) is 4.90 Å². The quantitative estimate of drug-likeness (QED) is 0.222. The summed E-state index contributed by atoms with van der Waals surface area (Å²) in [5, 5.41) is 0. The Labute approximate surface area is 187 Å². The van der Waals surface area contributed by atoms with Gasteiger partial charge in [0, 0.05) is 18.5 Å². The molecule has 0 radical (unpaired) electrons. The van der Waals surface area contributed by atoms with Crippen LogP contribution >= 0.6 is 24.0 Å². The number of hydrogen-bond donors (Lipinski definition) is 0. The van der Waals surface area contributed by atoms with Gasteiger partial charge in [-0.3, -0.25) is 9.69 Å². The summed E-state index contributed by atoms with van der Waals surface area (Å²) in [7, 11) is 0. The molecule has 1 aliphatic rings. The molecule has 0 N–H and O–H groups in total. The highest BCUT2D eigenvalue weighted by Crippen LogP contribution is 2.34. The molecule has 2 aromatic carbocycles. The number of rotatable bonds is 9. The summed E-state index contributed by atoms with van der Waals surface area (Å²) in [6.45, 7) is 9.34. The molecule has 156 valence electrons. The summed E-state index contributed by atoms with van der Waals surface area (Å²) >= 11 is 6.60. The molecule has 0 aromatic heterocycles. The number of carbonyl (C=O) groups excluding carboxylic acids is 1. The largest absolute Gasteiger partial charge is 0.493 e. The number of carbonyl (C=O) groups is 1. The fourth-order valence-corrected chi connectivity index (χ4v) is 4.23. The Hall–Kier alpha value is -2.57. The van der Waals surface area contributed by atoms with E-state index in [-0.39, 0.29) is 5.91 Å². The maximum Gasteiger partial charge on any atom is 0.266 e. The van der Waals surface area contributed by atoms with Crippen molar-refractivity contribution < 1.29 is 14.3 Å². The number of aryl methyl sites for hydroxylation is 1. The first-order valence-electron chi connectivity index (χ1n) is 9.78. The molecule has 1 saturated heterocycles. The maximum absolute atomic E-state index is 12.6. The normalized spacial score (nSPS) is 15.0. The molecule has 0 aliphatic carbocycles. The first kappa shape index (κ1) is 22.1. The molecule has 1 fully saturated rings. The molecule has 6 heteroatoms. The smallest absolute Gasteiger partial charge is 0.266 e. The van der Waals surface area contributed by atoms with Crippen LogP contribution in [0, 0.1) is 13.8 Å². The number of thiocarbonyl (C=S) groups is 1. The number of benzene rings is 2. The van der Waals surface area contributed by atoms with E-state index in [1.165, 1.54) is 17.3 Å². The van der Waals surface area contributed by atoms with E-state index < -0.39 is 0 Å². The van der Waals surface area contributed by atoms with E-state index in [1.807, 2.05) is 42.5 Å². The van der Waals surface area contributed by atoms with Crippen LogP contribution in [0.15, 0.2) is 60.0 Å². The Kier molecular flexibility index (Phi) is 7.71. The highest BCUT2D eigenvalue weighted by molar-refractivity contribution is 8.26. The van der Waals surface area contributed by atoms with Crippen LogP contribution in [0.4, 0.5) is 0 Å². The first-order chi connectivity index (χ1) is 14.5. The summed E-state index contributed by atoms with van der Waals surface area (Å²) in [5.74, 6) is 1.55. The van der Waals surface area contributed by atoms with Crippen LogP contribution in [0.1, 0.15) is 23.1 Å². The highest BCUT2D eigenvalue weighted by atomic mass is 32.2. The lowest BCUT2D eigenvalue weighted by molar-refractivity contribution is -0.121. The molecule has 0 spiro atoms. The van der Waals surface area contributed by atoms with Gasteiger partial charge in [0.25, 0.3) is 5.91 Å². The second kappa shape index (κ2) is 10.5. The minimum absolute atomic E-state index is 0.0957. The highest BCUT2D eigenvalue weighted by Gasteiger charge is 2.31. The molecule has 1 aliphatic heterocycles. The average Bonchev–Trinajstić information content (AvgIpc) is 2.99. The van der Waals surface area contributed by atoms with E-state index in [9.17, 15) is 4.79 Å².